The number of carbonyl (C=O) groups is 1. The van der Waals surface area contributed by atoms with Crippen LogP contribution in [0.15, 0.2) is 24.3 Å². The summed E-state index contributed by atoms with van der Waals surface area (Å²) >= 11 is 1.61. The molecule has 1 aromatic heterocycles. The molecule has 0 unspecified atom stereocenters. The molecule has 20 heavy (non-hydrogen) atoms. The first-order chi connectivity index (χ1) is 9.56. The summed E-state index contributed by atoms with van der Waals surface area (Å²) in [6, 6.07) is 6.92. The molecule has 0 aliphatic heterocycles. The van der Waals surface area contributed by atoms with Crippen LogP contribution in [-0.4, -0.2) is 21.3 Å². The lowest BCUT2D eigenvalue weighted by Crippen LogP contribution is -2.13. The fourth-order valence-corrected chi connectivity index (χ4v) is 2.51. The summed E-state index contributed by atoms with van der Waals surface area (Å²) in [6.45, 7) is 5.43. The first-order valence-electron chi connectivity index (χ1n) is 6.41. The second kappa shape index (κ2) is 6.58. The van der Waals surface area contributed by atoms with Crippen molar-refractivity contribution in [2.75, 3.05) is 0 Å². The quantitative estimate of drug-likeness (QED) is 0.855. The Balaban J connectivity index is 1.89. The van der Waals surface area contributed by atoms with Crippen molar-refractivity contribution < 1.29 is 9.90 Å². The van der Waals surface area contributed by atoms with Crippen molar-refractivity contribution >= 4 is 17.3 Å². The standard InChI is InChI=1S/C14H17N3O2S/c1-9(2)13-17-16-12(20-13)8-15-7-10-4-3-5-11(6-10)14(18)19/h3-6,9,15H,7-8H2,1-2H3,(H,18,19). The van der Waals surface area contributed by atoms with Gasteiger partial charge in [0.1, 0.15) is 10.0 Å². The molecule has 1 heterocycles. The zero-order valence-corrected chi connectivity index (χ0v) is 12.3. The van der Waals surface area contributed by atoms with Crippen LogP contribution >= 0.6 is 11.3 Å². The maximum atomic E-state index is 10.9. The number of nitrogens with one attached hydrogen (secondary N) is 1. The van der Waals surface area contributed by atoms with E-state index in [0.717, 1.165) is 15.6 Å². The molecule has 2 N–H and O–H groups in total. The minimum Gasteiger partial charge on any atom is -0.478 e. The smallest absolute Gasteiger partial charge is 0.335 e. The van der Waals surface area contributed by atoms with Gasteiger partial charge in [0.15, 0.2) is 0 Å². The van der Waals surface area contributed by atoms with E-state index in [4.69, 9.17) is 5.11 Å². The molecule has 1 aromatic carbocycles. The first kappa shape index (κ1) is 14.6. The molecule has 0 atom stereocenters. The SMILES string of the molecule is CC(C)c1nnc(CNCc2cccc(C(=O)O)c2)s1. The Labute approximate surface area is 121 Å². The van der Waals surface area contributed by atoms with Crippen LogP contribution in [0, 0.1) is 0 Å². The average Bonchev–Trinajstić information content (AvgIpc) is 2.88. The molecule has 0 aliphatic carbocycles. The van der Waals surface area contributed by atoms with Gasteiger partial charge in [-0.1, -0.05) is 37.3 Å². The predicted molar refractivity (Wildman–Crippen MR) is 77.9 cm³/mol. The van der Waals surface area contributed by atoms with Gasteiger partial charge in [-0.05, 0) is 17.7 Å². The van der Waals surface area contributed by atoms with Gasteiger partial charge in [-0.15, -0.1) is 10.2 Å². The molecule has 106 valence electrons. The summed E-state index contributed by atoms with van der Waals surface area (Å²) in [5.74, 6) is -0.508. The van der Waals surface area contributed by atoms with E-state index in [2.05, 4.69) is 29.4 Å². The number of hydrogen-bond donors (Lipinski definition) is 2. The van der Waals surface area contributed by atoms with E-state index in [-0.39, 0.29) is 0 Å². The van der Waals surface area contributed by atoms with E-state index in [1.165, 1.54) is 0 Å². The highest BCUT2D eigenvalue weighted by Crippen LogP contribution is 2.18. The lowest BCUT2D eigenvalue weighted by atomic mass is 10.1. The molecule has 0 amide bonds. The van der Waals surface area contributed by atoms with Gasteiger partial charge >= 0.3 is 5.97 Å². The molecule has 6 heteroatoms. The van der Waals surface area contributed by atoms with Gasteiger partial charge in [0, 0.05) is 19.0 Å². The molecule has 0 aliphatic rings. The number of hydrogen-bond acceptors (Lipinski definition) is 5. The minimum absolute atomic E-state index is 0.308. The van der Waals surface area contributed by atoms with Gasteiger partial charge < -0.3 is 10.4 Å². The van der Waals surface area contributed by atoms with Gasteiger partial charge in [-0.2, -0.15) is 0 Å². The summed E-state index contributed by atoms with van der Waals surface area (Å²) in [4.78, 5) is 10.9. The summed E-state index contributed by atoms with van der Waals surface area (Å²) in [6.07, 6.45) is 0. The van der Waals surface area contributed by atoms with Crippen molar-refractivity contribution in [3.8, 4) is 0 Å². The Morgan fingerprint density at radius 1 is 1.35 bits per heavy atom. The van der Waals surface area contributed by atoms with Crippen LogP contribution in [0.1, 0.15) is 45.7 Å². The van der Waals surface area contributed by atoms with Crippen molar-refractivity contribution in [2.24, 2.45) is 0 Å². The van der Waals surface area contributed by atoms with Crippen LogP contribution < -0.4 is 5.32 Å². The Hall–Kier alpha value is -1.79. The molecule has 0 spiro atoms. The topological polar surface area (TPSA) is 75.1 Å². The number of benzene rings is 1. The van der Waals surface area contributed by atoms with Crippen LogP contribution in [-0.2, 0) is 13.1 Å². The maximum absolute atomic E-state index is 10.9. The number of aromatic carboxylic acids is 1. The van der Waals surface area contributed by atoms with Crippen LogP contribution in [0.5, 0.6) is 0 Å². The molecule has 2 aromatic rings. The Kier molecular flexibility index (Phi) is 4.81. The zero-order valence-electron chi connectivity index (χ0n) is 11.5. The van der Waals surface area contributed by atoms with Gasteiger partial charge in [-0.3, -0.25) is 0 Å². The number of aromatic nitrogens is 2. The Bertz CT molecular complexity index is 596. The maximum Gasteiger partial charge on any atom is 0.335 e. The fourth-order valence-electron chi connectivity index (χ4n) is 1.70. The van der Waals surface area contributed by atoms with Crippen molar-refractivity contribution in [1.29, 1.82) is 0 Å². The third kappa shape index (κ3) is 3.85. The van der Waals surface area contributed by atoms with Crippen LogP contribution in [0.4, 0.5) is 0 Å². The summed E-state index contributed by atoms with van der Waals surface area (Å²) in [7, 11) is 0. The second-order valence-corrected chi connectivity index (χ2v) is 5.89. The van der Waals surface area contributed by atoms with E-state index in [1.807, 2.05) is 6.07 Å². The predicted octanol–water partition coefficient (Wildman–Crippen LogP) is 2.65. The minimum atomic E-state index is -0.905. The van der Waals surface area contributed by atoms with Crippen LogP contribution in [0.2, 0.25) is 0 Å². The highest BCUT2D eigenvalue weighted by atomic mass is 32.1. The number of rotatable bonds is 6. The third-order valence-electron chi connectivity index (χ3n) is 2.76. The summed E-state index contributed by atoms with van der Waals surface area (Å²) in [5, 5.41) is 22.4. The van der Waals surface area contributed by atoms with Gasteiger partial charge in [0.25, 0.3) is 0 Å². The molecule has 0 saturated heterocycles. The largest absolute Gasteiger partial charge is 0.478 e. The lowest BCUT2D eigenvalue weighted by molar-refractivity contribution is 0.0696. The average molecular weight is 291 g/mol. The summed E-state index contributed by atoms with van der Waals surface area (Å²) in [5.41, 5.74) is 1.25. The lowest BCUT2D eigenvalue weighted by Gasteiger charge is -2.03. The fraction of sp³-hybridized carbons (Fsp3) is 0.357. The summed E-state index contributed by atoms with van der Waals surface area (Å²) < 4.78 is 0. The normalized spacial score (nSPS) is 10.9. The Morgan fingerprint density at radius 3 is 2.80 bits per heavy atom. The molecule has 2 rings (SSSR count). The molecule has 0 saturated carbocycles. The number of nitrogens with zero attached hydrogens (tertiary/aromatic N) is 2. The van der Waals surface area contributed by atoms with Crippen molar-refractivity contribution in [3.63, 3.8) is 0 Å². The number of carboxylic acid groups (broad SMARTS) is 1. The van der Waals surface area contributed by atoms with Crippen LogP contribution in [0.3, 0.4) is 0 Å². The monoisotopic (exact) mass is 291 g/mol. The molecule has 0 fully saturated rings. The van der Waals surface area contributed by atoms with E-state index < -0.39 is 5.97 Å². The van der Waals surface area contributed by atoms with Gasteiger partial charge in [-0.25, -0.2) is 4.79 Å². The Morgan fingerprint density at radius 2 is 2.15 bits per heavy atom. The van der Waals surface area contributed by atoms with E-state index >= 15 is 0 Å². The molecule has 0 radical (unpaired) electrons. The van der Waals surface area contributed by atoms with Crippen molar-refractivity contribution in [1.82, 2.24) is 15.5 Å². The zero-order chi connectivity index (χ0) is 14.5. The van der Waals surface area contributed by atoms with Crippen LogP contribution in [0.25, 0.3) is 0 Å². The third-order valence-corrected chi connectivity index (χ3v) is 3.98. The highest BCUT2D eigenvalue weighted by molar-refractivity contribution is 7.11. The number of carboxylic acids is 1. The first-order valence-corrected chi connectivity index (χ1v) is 7.23. The molecule has 5 nitrogen and oxygen atoms in total. The molecular formula is C14H17N3O2S. The molecular weight excluding hydrogens is 274 g/mol. The molecule has 0 bridgehead atoms. The van der Waals surface area contributed by atoms with E-state index in [1.54, 1.807) is 29.5 Å². The van der Waals surface area contributed by atoms with E-state index in [9.17, 15) is 4.79 Å². The van der Waals surface area contributed by atoms with Crippen molar-refractivity contribution in [3.05, 3.63) is 45.4 Å². The second-order valence-electron chi connectivity index (χ2n) is 4.80. The highest BCUT2D eigenvalue weighted by Gasteiger charge is 2.07. The van der Waals surface area contributed by atoms with Gasteiger partial charge in [0.05, 0.1) is 5.56 Å². The van der Waals surface area contributed by atoms with Gasteiger partial charge in [0.2, 0.25) is 0 Å². The van der Waals surface area contributed by atoms with Crippen molar-refractivity contribution in [2.45, 2.75) is 32.9 Å². The van der Waals surface area contributed by atoms with E-state index in [0.29, 0.717) is 24.6 Å².